The molecule has 0 saturated heterocycles. The molecule has 21 heavy (non-hydrogen) atoms. The Morgan fingerprint density at radius 1 is 0.952 bits per heavy atom. The van der Waals surface area contributed by atoms with Gasteiger partial charge in [-0.25, -0.2) is 4.39 Å². The first-order chi connectivity index (χ1) is 10.3. The average molecular weight is 290 g/mol. The summed E-state index contributed by atoms with van der Waals surface area (Å²) in [5.41, 5.74) is 1.83. The number of rotatable bonds is 7. The summed E-state index contributed by atoms with van der Waals surface area (Å²) in [6, 6.07) is 12.7. The fraction of sp³-hybridized carbons (Fsp3) is 0.294. The second-order valence-electron chi connectivity index (χ2n) is 4.78. The molecular weight excluding hydrogens is 269 g/mol. The molecule has 0 amide bonds. The van der Waals surface area contributed by atoms with Crippen molar-refractivity contribution < 1.29 is 19.2 Å². The van der Waals surface area contributed by atoms with Gasteiger partial charge in [-0.2, -0.15) is 0 Å². The molecule has 0 atom stereocenters. The molecule has 3 nitrogen and oxygen atoms in total. The van der Waals surface area contributed by atoms with Gasteiger partial charge in [0.15, 0.2) is 11.5 Å². The molecule has 2 N–H and O–H groups in total. The zero-order valence-corrected chi connectivity index (χ0v) is 12.4. The number of ether oxygens (including phenoxy) is 2. The lowest BCUT2D eigenvalue weighted by Gasteiger charge is -2.11. The highest BCUT2D eigenvalue weighted by Crippen LogP contribution is 2.29. The Morgan fingerprint density at radius 2 is 1.71 bits per heavy atom. The minimum atomic E-state index is -0.134. The number of hydrogen-bond donors (Lipinski definition) is 1. The fourth-order valence-electron chi connectivity index (χ4n) is 2.33. The van der Waals surface area contributed by atoms with Crippen molar-refractivity contribution in [1.29, 1.82) is 0 Å². The predicted octanol–water partition coefficient (Wildman–Crippen LogP) is 2.15. The van der Waals surface area contributed by atoms with E-state index in [9.17, 15) is 4.39 Å². The van der Waals surface area contributed by atoms with Crippen molar-refractivity contribution in [2.75, 3.05) is 20.8 Å². The van der Waals surface area contributed by atoms with Crippen molar-refractivity contribution in [3.8, 4) is 11.5 Å². The molecule has 0 radical (unpaired) electrons. The molecule has 0 aromatic heterocycles. The van der Waals surface area contributed by atoms with E-state index in [2.05, 4.69) is 5.32 Å². The lowest BCUT2D eigenvalue weighted by atomic mass is 10.1. The van der Waals surface area contributed by atoms with E-state index in [4.69, 9.17) is 9.47 Å². The highest BCUT2D eigenvalue weighted by Gasteiger charge is 2.10. The fourth-order valence-corrected chi connectivity index (χ4v) is 2.33. The molecule has 4 heteroatoms. The molecule has 0 spiro atoms. The number of quaternary nitrogens is 1. The number of para-hydroxylation sites is 1. The summed E-state index contributed by atoms with van der Waals surface area (Å²) in [7, 11) is 3.27. The summed E-state index contributed by atoms with van der Waals surface area (Å²) < 4.78 is 24.2. The van der Waals surface area contributed by atoms with Crippen molar-refractivity contribution in [2.24, 2.45) is 0 Å². The second-order valence-corrected chi connectivity index (χ2v) is 4.78. The van der Waals surface area contributed by atoms with Crippen LogP contribution in [0.1, 0.15) is 11.1 Å². The molecule has 0 aliphatic heterocycles. The minimum Gasteiger partial charge on any atom is -0.493 e. The number of halogens is 1. The Bertz CT molecular complexity index is 587. The molecule has 0 unspecified atom stereocenters. The standard InChI is InChI=1S/C17H20FNO2/c1-20-16-9-5-7-14(17(16)21-2)12-19-11-10-13-6-3-4-8-15(13)18/h3-9,19H,10-12H2,1-2H3/p+1. The minimum absolute atomic E-state index is 0.134. The van der Waals surface area contributed by atoms with E-state index in [1.54, 1.807) is 20.3 Å². The molecule has 0 bridgehead atoms. The molecule has 2 rings (SSSR count). The van der Waals surface area contributed by atoms with Crippen LogP contribution in [0, 0.1) is 5.82 Å². The maximum Gasteiger partial charge on any atom is 0.169 e. The van der Waals surface area contributed by atoms with Gasteiger partial charge in [-0.1, -0.05) is 24.3 Å². The van der Waals surface area contributed by atoms with Crippen LogP contribution in [-0.4, -0.2) is 20.8 Å². The third kappa shape index (κ3) is 3.95. The smallest absolute Gasteiger partial charge is 0.169 e. The Kier molecular flexibility index (Phi) is 5.58. The van der Waals surface area contributed by atoms with Crippen LogP contribution in [0.25, 0.3) is 0 Å². The Morgan fingerprint density at radius 3 is 2.43 bits per heavy atom. The summed E-state index contributed by atoms with van der Waals surface area (Å²) in [5, 5.41) is 2.14. The lowest BCUT2D eigenvalue weighted by Crippen LogP contribution is -2.83. The zero-order chi connectivity index (χ0) is 15.1. The normalized spacial score (nSPS) is 10.4. The first-order valence-electron chi connectivity index (χ1n) is 7.01. The van der Waals surface area contributed by atoms with Crippen LogP contribution < -0.4 is 14.8 Å². The largest absolute Gasteiger partial charge is 0.493 e. The molecule has 2 aromatic carbocycles. The highest BCUT2D eigenvalue weighted by atomic mass is 19.1. The molecule has 0 fully saturated rings. The van der Waals surface area contributed by atoms with Gasteiger partial charge in [-0.05, 0) is 23.8 Å². The van der Waals surface area contributed by atoms with Crippen LogP contribution in [0.3, 0.4) is 0 Å². The monoisotopic (exact) mass is 290 g/mol. The summed E-state index contributed by atoms with van der Waals surface area (Å²) in [6.45, 7) is 1.59. The van der Waals surface area contributed by atoms with E-state index in [0.717, 1.165) is 35.7 Å². The van der Waals surface area contributed by atoms with Gasteiger partial charge >= 0.3 is 0 Å². The molecular formula is C17H21FNO2+. The van der Waals surface area contributed by atoms with E-state index >= 15 is 0 Å². The van der Waals surface area contributed by atoms with Gasteiger partial charge in [-0.15, -0.1) is 0 Å². The Hall–Kier alpha value is -2.07. The van der Waals surface area contributed by atoms with Crippen LogP contribution in [0.15, 0.2) is 42.5 Å². The topological polar surface area (TPSA) is 35.1 Å². The van der Waals surface area contributed by atoms with Crippen LogP contribution in [0.2, 0.25) is 0 Å². The Labute approximate surface area is 124 Å². The molecule has 112 valence electrons. The van der Waals surface area contributed by atoms with Crippen molar-refractivity contribution in [1.82, 2.24) is 0 Å². The third-order valence-corrected chi connectivity index (χ3v) is 3.42. The summed E-state index contributed by atoms with van der Waals surface area (Å²) >= 11 is 0. The van der Waals surface area contributed by atoms with Gasteiger partial charge in [0, 0.05) is 6.42 Å². The average Bonchev–Trinajstić information content (AvgIpc) is 2.52. The molecule has 0 aliphatic carbocycles. The quantitative estimate of drug-likeness (QED) is 0.793. The second kappa shape index (κ2) is 7.64. The van der Waals surface area contributed by atoms with Gasteiger partial charge in [0.1, 0.15) is 12.4 Å². The van der Waals surface area contributed by atoms with Gasteiger partial charge in [0.25, 0.3) is 0 Å². The van der Waals surface area contributed by atoms with E-state index in [1.165, 1.54) is 6.07 Å². The predicted molar refractivity (Wildman–Crippen MR) is 80.1 cm³/mol. The highest BCUT2D eigenvalue weighted by molar-refractivity contribution is 5.46. The summed E-state index contributed by atoms with van der Waals surface area (Å²) in [5.74, 6) is 1.37. The number of nitrogens with two attached hydrogens (primary N) is 1. The number of methoxy groups -OCH3 is 2. The van der Waals surface area contributed by atoms with Gasteiger partial charge in [-0.3, -0.25) is 0 Å². The van der Waals surface area contributed by atoms with Crippen LogP contribution in [-0.2, 0) is 13.0 Å². The maximum absolute atomic E-state index is 13.5. The van der Waals surface area contributed by atoms with Crippen LogP contribution >= 0.6 is 0 Å². The number of benzene rings is 2. The first kappa shape index (κ1) is 15.3. The van der Waals surface area contributed by atoms with Gasteiger partial charge < -0.3 is 14.8 Å². The first-order valence-corrected chi connectivity index (χ1v) is 7.01. The van der Waals surface area contributed by atoms with Crippen molar-refractivity contribution >= 4 is 0 Å². The van der Waals surface area contributed by atoms with Crippen molar-refractivity contribution in [3.63, 3.8) is 0 Å². The third-order valence-electron chi connectivity index (χ3n) is 3.42. The molecule has 2 aromatic rings. The van der Waals surface area contributed by atoms with Crippen molar-refractivity contribution in [2.45, 2.75) is 13.0 Å². The van der Waals surface area contributed by atoms with E-state index < -0.39 is 0 Å². The maximum atomic E-state index is 13.5. The van der Waals surface area contributed by atoms with Crippen LogP contribution in [0.5, 0.6) is 11.5 Å². The summed E-state index contributed by atoms with van der Waals surface area (Å²) in [4.78, 5) is 0. The van der Waals surface area contributed by atoms with E-state index in [0.29, 0.717) is 6.42 Å². The van der Waals surface area contributed by atoms with E-state index in [-0.39, 0.29) is 5.82 Å². The molecule has 0 heterocycles. The van der Waals surface area contributed by atoms with Crippen LogP contribution in [0.4, 0.5) is 4.39 Å². The van der Waals surface area contributed by atoms with E-state index in [1.807, 2.05) is 30.3 Å². The summed E-state index contributed by atoms with van der Waals surface area (Å²) in [6.07, 6.45) is 0.707. The molecule has 0 saturated carbocycles. The van der Waals surface area contributed by atoms with Gasteiger partial charge in [0.05, 0.1) is 26.3 Å². The van der Waals surface area contributed by atoms with Gasteiger partial charge in [0.2, 0.25) is 0 Å². The van der Waals surface area contributed by atoms with Crippen molar-refractivity contribution in [3.05, 3.63) is 59.4 Å². The lowest BCUT2D eigenvalue weighted by molar-refractivity contribution is -0.670. The Balaban J connectivity index is 1.91. The number of hydrogen-bond acceptors (Lipinski definition) is 2. The molecule has 0 aliphatic rings. The SMILES string of the molecule is COc1cccc(C[NH2+]CCc2ccccc2F)c1OC. The zero-order valence-electron chi connectivity index (χ0n) is 12.4.